The van der Waals surface area contributed by atoms with E-state index in [2.05, 4.69) is 15.6 Å². The van der Waals surface area contributed by atoms with Crippen LogP contribution in [0, 0.1) is 6.92 Å². The first kappa shape index (κ1) is 14.4. The maximum atomic E-state index is 11.5. The number of amides is 3. The van der Waals surface area contributed by atoms with Gasteiger partial charge in [0, 0.05) is 5.69 Å². The van der Waals surface area contributed by atoms with Crippen molar-refractivity contribution in [3.05, 3.63) is 24.0 Å². The average Bonchev–Trinajstić information content (AvgIpc) is 2.30. The number of carbonyl (C=O) groups is 3. The van der Waals surface area contributed by atoms with Crippen molar-refractivity contribution >= 4 is 23.6 Å². The summed E-state index contributed by atoms with van der Waals surface area (Å²) < 4.78 is 0. The predicted molar refractivity (Wildman–Crippen MR) is 66.4 cm³/mol. The van der Waals surface area contributed by atoms with Gasteiger partial charge in [-0.05, 0) is 19.1 Å². The number of carboxylic acid groups (broad SMARTS) is 1. The van der Waals surface area contributed by atoms with E-state index in [0.29, 0.717) is 5.69 Å². The predicted octanol–water partition coefficient (Wildman–Crippen LogP) is -0.160. The third-order valence-corrected chi connectivity index (χ3v) is 2.18. The summed E-state index contributed by atoms with van der Waals surface area (Å²) in [5, 5.41) is 13.3. The molecule has 1 rings (SSSR count). The number of urea groups is 1. The number of anilines is 1. The summed E-state index contributed by atoms with van der Waals surface area (Å²) in [6.45, 7) is 1.79. The van der Waals surface area contributed by atoms with Gasteiger partial charge < -0.3 is 21.5 Å². The minimum atomic E-state index is -1.36. The van der Waals surface area contributed by atoms with Crippen LogP contribution < -0.4 is 16.4 Å². The monoisotopic (exact) mass is 266 g/mol. The van der Waals surface area contributed by atoms with E-state index < -0.39 is 30.4 Å². The molecule has 0 spiro atoms. The van der Waals surface area contributed by atoms with Crippen molar-refractivity contribution in [2.75, 3.05) is 5.32 Å². The Balaban J connectivity index is 2.59. The van der Waals surface area contributed by atoms with Gasteiger partial charge in [0.05, 0.1) is 18.3 Å². The quantitative estimate of drug-likeness (QED) is 0.587. The van der Waals surface area contributed by atoms with Gasteiger partial charge in [0.25, 0.3) is 0 Å². The molecule has 0 saturated carbocycles. The number of pyridine rings is 1. The summed E-state index contributed by atoms with van der Waals surface area (Å²) in [4.78, 5) is 37.0. The molecule has 1 aromatic heterocycles. The Bertz CT molecular complexity index is 486. The van der Waals surface area contributed by atoms with Crippen LogP contribution in [-0.2, 0) is 9.59 Å². The number of nitrogens with two attached hydrogens (primary N) is 1. The van der Waals surface area contributed by atoms with Gasteiger partial charge in [0.2, 0.25) is 5.91 Å². The lowest BCUT2D eigenvalue weighted by molar-refractivity contribution is -0.140. The Kier molecular flexibility index (Phi) is 4.81. The molecule has 0 aliphatic carbocycles. The molecule has 1 atom stereocenters. The Morgan fingerprint density at radius 3 is 2.58 bits per heavy atom. The van der Waals surface area contributed by atoms with Crippen molar-refractivity contribution in [1.82, 2.24) is 10.3 Å². The van der Waals surface area contributed by atoms with Crippen LogP contribution in [0.2, 0.25) is 0 Å². The van der Waals surface area contributed by atoms with E-state index in [1.165, 1.54) is 6.20 Å². The Morgan fingerprint density at radius 2 is 2.11 bits per heavy atom. The highest BCUT2D eigenvalue weighted by atomic mass is 16.4. The molecule has 3 amide bonds. The molecule has 19 heavy (non-hydrogen) atoms. The van der Waals surface area contributed by atoms with Crippen LogP contribution in [0.3, 0.4) is 0 Å². The largest absolute Gasteiger partial charge is 0.480 e. The van der Waals surface area contributed by atoms with Gasteiger partial charge >= 0.3 is 12.0 Å². The molecular weight excluding hydrogens is 252 g/mol. The van der Waals surface area contributed by atoms with Crippen LogP contribution in [-0.4, -0.2) is 34.0 Å². The second kappa shape index (κ2) is 6.34. The van der Waals surface area contributed by atoms with Crippen LogP contribution in [0.5, 0.6) is 0 Å². The molecule has 0 bridgehead atoms. The SMILES string of the molecule is Cc1ccc(NC(=O)NC(CC(N)=O)C(=O)O)cn1. The third-order valence-electron chi connectivity index (χ3n) is 2.18. The van der Waals surface area contributed by atoms with Crippen molar-refractivity contribution in [1.29, 1.82) is 0 Å². The minimum Gasteiger partial charge on any atom is -0.480 e. The average molecular weight is 266 g/mol. The van der Waals surface area contributed by atoms with Crippen LogP contribution >= 0.6 is 0 Å². The molecule has 1 heterocycles. The lowest BCUT2D eigenvalue weighted by atomic mass is 10.2. The fraction of sp³-hybridized carbons (Fsp3) is 0.273. The number of hydrogen-bond acceptors (Lipinski definition) is 4. The van der Waals surface area contributed by atoms with E-state index in [4.69, 9.17) is 10.8 Å². The van der Waals surface area contributed by atoms with Gasteiger partial charge in [0.15, 0.2) is 0 Å². The Morgan fingerprint density at radius 1 is 1.42 bits per heavy atom. The zero-order valence-corrected chi connectivity index (χ0v) is 10.2. The van der Waals surface area contributed by atoms with Crippen molar-refractivity contribution < 1.29 is 19.5 Å². The summed E-state index contributed by atoms with van der Waals surface area (Å²) in [7, 11) is 0. The van der Waals surface area contributed by atoms with E-state index in [-0.39, 0.29) is 0 Å². The molecule has 0 saturated heterocycles. The first-order valence-corrected chi connectivity index (χ1v) is 5.39. The molecule has 1 unspecified atom stereocenters. The van der Waals surface area contributed by atoms with Crippen molar-refractivity contribution in [3.63, 3.8) is 0 Å². The van der Waals surface area contributed by atoms with E-state index >= 15 is 0 Å². The fourth-order valence-electron chi connectivity index (χ4n) is 1.27. The number of aliphatic carboxylic acids is 1. The van der Waals surface area contributed by atoms with E-state index in [1.54, 1.807) is 19.1 Å². The number of carboxylic acids is 1. The second-order valence-corrected chi connectivity index (χ2v) is 3.85. The molecule has 8 heteroatoms. The Hall–Kier alpha value is -2.64. The van der Waals surface area contributed by atoms with Crippen LogP contribution in [0.15, 0.2) is 18.3 Å². The number of primary amides is 1. The molecule has 5 N–H and O–H groups in total. The highest BCUT2D eigenvalue weighted by Crippen LogP contribution is 2.05. The van der Waals surface area contributed by atoms with Gasteiger partial charge in [-0.1, -0.05) is 0 Å². The molecule has 102 valence electrons. The first-order chi connectivity index (χ1) is 8.88. The number of nitrogens with one attached hydrogen (secondary N) is 2. The first-order valence-electron chi connectivity index (χ1n) is 5.39. The molecular formula is C11H14N4O4. The molecule has 1 aromatic rings. The number of rotatable bonds is 5. The third kappa shape index (κ3) is 5.02. The van der Waals surface area contributed by atoms with Gasteiger partial charge in [-0.2, -0.15) is 0 Å². The standard InChI is InChI=1S/C11H14N4O4/c1-6-2-3-7(5-13-6)14-11(19)15-8(10(17)18)4-9(12)16/h2-3,5,8H,4H2,1H3,(H2,12,16)(H,17,18)(H2,14,15,19). The maximum Gasteiger partial charge on any atom is 0.326 e. The summed E-state index contributed by atoms with van der Waals surface area (Å²) >= 11 is 0. The number of nitrogens with zero attached hydrogens (tertiary/aromatic N) is 1. The van der Waals surface area contributed by atoms with Crippen LogP contribution in [0.4, 0.5) is 10.5 Å². The van der Waals surface area contributed by atoms with Gasteiger partial charge in [0.1, 0.15) is 6.04 Å². The number of hydrogen-bond donors (Lipinski definition) is 4. The lowest BCUT2D eigenvalue weighted by Gasteiger charge is -2.13. The van der Waals surface area contributed by atoms with Gasteiger partial charge in [-0.25, -0.2) is 9.59 Å². The number of aromatic nitrogens is 1. The van der Waals surface area contributed by atoms with E-state index in [1.807, 2.05) is 0 Å². The lowest BCUT2D eigenvalue weighted by Crippen LogP contribution is -2.45. The Labute approximate surface area is 109 Å². The van der Waals surface area contributed by atoms with Crippen molar-refractivity contribution in [3.8, 4) is 0 Å². The highest BCUT2D eigenvalue weighted by Gasteiger charge is 2.22. The van der Waals surface area contributed by atoms with Gasteiger partial charge in [-0.15, -0.1) is 0 Å². The topological polar surface area (TPSA) is 134 Å². The normalized spacial score (nSPS) is 11.4. The summed E-state index contributed by atoms with van der Waals surface area (Å²) in [6, 6.07) is 1.19. The van der Waals surface area contributed by atoms with Gasteiger partial charge in [-0.3, -0.25) is 9.78 Å². The molecule has 0 fully saturated rings. The van der Waals surface area contributed by atoms with Crippen molar-refractivity contribution in [2.24, 2.45) is 5.73 Å². The van der Waals surface area contributed by atoms with Crippen LogP contribution in [0.1, 0.15) is 12.1 Å². The van der Waals surface area contributed by atoms with Crippen molar-refractivity contribution in [2.45, 2.75) is 19.4 Å². The zero-order chi connectivity index (χ0) is 14.4. The fourth-order valence-corrected chi connectivity index (χ4v) is 1.27. The second-order valence-electron chi connectivity index (χ2n) is 3.85. The molecule has 8 nitrogen and oxygen atoms in total. The molecule has 0 aliphatic rings. The zero-order valence-electron chi connectivity index (χ0n) is 10.2. The number of carbonyl (C=O) groups excluding carboxylic acids is 2. The number of aryl methyl sites for hydroxylation is 1. The van der Waals surface area contributed by atoms with E-state index in [9.17, 15) is 14.4 Å². The minimum absolute atomic E-state index is 0.409. The molecule has 0 aromatic carbocycles. The van der Waals surface area contributed by atoms with E-state index in [0.717, 1.165) is 5.69 Å². The summed E-state index contributed by atoms with van der Waals surface area (Å²) in [5.41, 5.74) is 6.08. The maximum absolute atomic E-state index is 11.5. The smallest absolute Gasteiger partial charge is 0.326 e. The highest BCUT2D eigenvalue weighted by molar-refractivity contribution is 5.93. The summed E-state index contributed by atoms with van der Waals surface area (Å²) in [5.74, 6) is -2.15. The summed E-state index contributed by atoms with van der Waals surface area (Å²) in [6.07, 6.45) is 0.952. The van der Waals surface area contributed by atoms with Crippen LogP contribution in [0.25, 0.3) is 0 Å². The molecule has 0 aliphatic heterocycles. The molecule has 0 radical (unpaired) electrons.